The lowest BCUT2D eigenvalue weighted by Gasteiger charge is -2.15. The number of aliphatic hydroxyl groups is 2. The highest BCUT2D eigenvalue weighted by atomic mass is 16.6. The summed E-state index contributed by atoms with van der Waals surface area (Å²) in [4.78, 5) is 24.3. The van der Waals surface area contributed by atoms with E-state index < -0.39 is 18.2 Å². The smallest absolute Gasteiger partial charge is 0.306 e. The van der Waals surface area contributed by atoms with Crippen molar-refractivity contribution in [1.29, 1.82) is 0 Å². The summed E-state index contributed by atoms with van der Waals surface area (Å²) in [5.74, 6) is 0.0763. The van der Waals surface area contributed by atoms with E-state index in [2.05, 4.69) is 57.2 Å². The first-order valence-corrected chi connectivity index (χ1v) is 21.5. The van der Waals surface area contributed by atoms with Crippen molar-refractivity contribution in [2.24, 2.45) is 5.92 Å². The molecule has 0 saturated carbocycles. The van der Waals surface area contributed by atoms with Crippen LogP contribution in [0, 0.1) is 5.92 Å². The van der Waals surface area contributed by atoms with Crippen LogP contribution in [0.2, 0.25) is 0 Å². The molecule has 0 aromatic rings. The van der Waals surface area contributed by atoms with E-state index in [-0.39, 0.29) is 25.6 Å². The largest absolute Gasteiger partial charge is 0.462 e. The average molecular weight is 741 g/mol. The summed E-state index contributed by atoms with van der Waals surface area (Å²) in [7, 11) is 0. The van der Waals surface area contributed by atoms with Gasteiger partial charge in [-0.15, -0.1) is 0 Å². The van der Waals surface area contributed by atoms with Gasteiger partial charge in [0.05, 0.1) is 12.7 Å². The number of esters is 2. The highest BCUT2D eigenvalue weighted by Gasteiger charge is 2.16. The first-order chi connectivity index (χ1) is 25.9. The van der Waals surface area contributed by atoms with Gasteiger partial charge in [-0.05, 0) is 50.9 Å². The van der Waals surface area contributed by atoms with E-state index >= 15 is 0 Å². The molecule has 0 saturated heterocycles. The second kappa shape index (κ2) is 40.5. The van der Waals surface area contributed by atoms with E-state index in [9.17, 15) is 19.8 Å². The van der Waals surface area contributed by atoms with E-state index in [1.165, 1.54) is 89.9 Å². The summed E-state index contributed by atoms with van der Waals surface area (Å²) in [6.45, 7) is 6.23. The van der Waals surface area contributed by atoms with E-state index in [1.54, 1.807) is 6.08 Å². The SMILES string of the molecule is CC/C=C\C/C=C\C/C=C\C/C=C\C=C/C(O)C/C=C\CCC(=O)OC[C@H](CO)OC(=O)CCCCCCCCCCCCCCCCCCC(C)C. The Bertz CT molecular complexity index is 1000. The van der Waals surface area contributed by atoms with Crippen molar-refractivity contribution < 1.29 is 29.3 Å². The maximum atomic E-state index is 12.2. The van der Waals surface area contributed by atoms with Crippen LogP contribution in [-0.4, -0.2) is 47.6 Å². The number of carbonyl (C=O) groups is 2. The van der Waals surface area contributed by atoms with Crippen LogP contribution in [0.25, 0.3) is 0 Å². The molecule has 0 rings (SSSR count). The summed E-state index contributed by atoms with van der Waals surface area (Å²) in [5.41, 5.74) is 0. The van der Waals surface area contributed by atoms with E-state index in [0.29, 0.717) is 19.3 Å². The molecule has 0 amide bonds. The molecule has 2 atom stereocenters. The first kappa shape index (κ1) is 50.3. The van der Waals surface area contributed by atoms with Crippen LogP contribution >= 0.6 is 0 Å². The van der Waals surface area contributed by atoms with Crippen molar-refractivity contribution in [3.63, 3.8) is 0 Å². The van der Waals surface area contributed by atoms with Gasteiger partial charge in [-0.2, -0.15) is 0 Å². The minimum absolute atomic E-state index is 0.149. The van der Waals surface area contributed by atoms with Crippen LogP contribution in [0.15, 0.2) is 72.9 Å². The van der Waals surface area contributed by atoms with Crippen LogP contribution < -0.4 is 0 Å². The van der Waals surface area contributed by atoms with E-state index in [4.69, 9.17) is 9.47 Å². The van der Waals surface area contributed by atoms with Crippen LogP contribution in [0.5, 0.6) is 0 Å². The number of ether oxygens (including phenoxy) is 2. The molecule has 0 heterocycles. The number of unbranched alkanes of at least 4 members (excludes halogenated alkanes) is 15. The standard InChI is InChI=1S/C47H80O6/c1-4-5-6-7-8-9-10-15-19-22-25-28-32-37-44(49)38-33-30-35-39-46(50)52-42-45(41-48)53-47(51)40-34-29-26-23-20-17-14-12-11-13-16-18-21-24-27-31-36-43(2)3/h5-6,8-9,15,19,25,28,30,32-33,37,43-45,48-49H,4,7,10-14,16-18,20-24,26-27,29,31,34-36,38-42H2,1-3H3/b6-5-,9-8-,19-15-,28-25-,33-30-,37-32-/t44?,45-/m0/s1. The van der Waals surface area contributed by atoms with Crippen molar-refractivity contribution in [2.45, 2.75) is 193 Å². The topological polar surface area (TPSA) is 93.1 Å². The molecule has 0 aliphatic carbocycles. The van der Waals surface area contributed by atoms with Gasteiger partial charge in [0.15, 0.2) is 6.10 Å². The highest BCUT2D eigenvalue weighted by Crippen LogP contribution is 2.15. The predicted octanol–water partition coefficient (Wildman–Crippen LogP) is 12.6. The number of aliphatic hydroxyl groups excluding tert-OH is 2. The molecule has 2 N–H and O–H groups in total. The lowest BCUT2D eigenvalue weighted by molar-refractivity contribution is -0.161. The zero-order chi connectivity index (χ0) is 38.9. The Morgan fingerprint density at radius 2 is 1.09 bits per heavy atom. The number of allylic oxidation sites excluding steroid dienone is 10. The number of carbonyl (C=O) groups excluding carboxylic acids is 2. The second-order valence-corrected chi connectivity index (χ2v) is 14.7. The lowest BCUT2D eigenvalue weighted by atomic mass is 10.0. The second-order valence-electron chi connectivity index (χ2n) is 14.7. The highest BCUT2D eigenvalue weighted by molar-refractivity contribution is 5.70. The van der Waals surface area contributed by atoms with Gasteiger partial charge < -0.3 is 19.7 Å². The van der Waals surface area contributed by atoms with Crippen LogP contribution in [0.4, 0.5) is 0 Å². The van der Waals surface area contributed by atoms with Gasteiger partial charge in [-0.25, -0.2) is 0 Å². The molecule has 0 spiro atoms. The zero-order valence-corrected chi connectivity index (χ0v) is 34.3. The van der Waals surface area contributed by atoms with Gasteiger partial charge >= 0.3 is 11.9 Å². The molecule has 6 heteroatoms. The van der Waals surface area contributed by atoms with Gasteiger partial charge in [0.2, 0.25) is 0 Å². The van der Waals surface area contributed by atoms with Gasteiger partial charge in [-0.3, -0.25) is 9.59 Å². The van der Waals surface area contributed by atoms with E-state index in [1.807, 2.05) is 30.4 Å². The molecule has 0 radical (unpaired) electrons. The Morgan fingerprint density at radius 1 is 0.585 bits per heavy atom. The van der Waals surface area contributed by atoms with Gasteiger partial charge in [0.1, 0.15) is 6.61 Å². The van der Waals surface area contributed by atoms with Crippen LogP contribution in [0.3, 0.4) is 0 Å². The Labute approximate surface area is 326 Å². The molecule has 53 heavy (non-hydrogen) atoms. The molecule has 0 aliphatic heterocycles. The monoisotopic (exact) mass is 741 g/mol. The van der Waals surface area contributed by atoms with Gasteiger partial charge in [0.25, 0.3) is 0 Å². The van der Waals surface area contributed by atoms with Crippen molar-refractivity contribution in [2.75, 3.05) is 13.2 Å². The third kappa shape index (κ3) is 40.3. The minimum Gasteiger partial charge on any atom is -0.462 e. The summed E-state index contributed by atoms with van der Waals surface area (Å²) in [6.07, 6.45) is 50.0. The van der Waals surface area contributed by atoms with Crippen molar-refractivity contribution in [3.8, 4) is 0 Å². The third-order valence-corrected chi connectivity index (χ3v) is 9.04. The molecule has 6 nitrogen and oxygen atoms in total. The maximum Gasteiger partial charge on any atom is 0.306 e. The van der Waals surface area contributed by atoms with Crippen molar-refractivity contribution in [3.05, 3.63) is 72.9 Å². The van der Waals surface area contributed by atoms with E-state index in [0.717, 1.165) is 50.9 Å². The quantitative estimate of drug-likeness (QED) is 0.0285. The Kier molecular flexibility index (Phi) is 38.4. The van der Waals surface area contributed by atoms with Crippen LogP contribution in [0.1, 0.15) is 181 Å². The maximum absolute atomic E-state index is 12.2. The summed E-state index contributed by atoms with van der Waals surface area (Å²) < 4.78 is 10.5. The zero-order valence-electron chi connectivity index (χ0n) is 34.3. The summed E-state index contributed by atoms with van der Waals surface area (Å²) in [5, 5.41) is 19.7. The molecular weight excluding hydrogens is 661 g/mol. The summed E-state index contributed by atoms with van der Waals surface area (Å²) in [6, 6.07) is 0. The molecule has 1 unspecified atom stereocenters. The molecule has 304 valence electrons. The fraction of sp³-hybridized carbons (Fsp3) is 0.702. The van der Waals surface area contributed by atoms with Crippen molar-refractivity contribution >= 4 is 11.9 Å². The predicted molar refractivity (Wildman–Crippen MR) is 225 cm³/mol. The Hall–Kier alpha value is -2.70. The fourth-order valence-electron chi connectivity index (χ4n) is 5.79. The van der Waals surface area contributed by atoms with Gasteiger partial charge in [-0.1, -0.05) is 196 Å². The average Bonchev–Trinajstić information content (AvgIpc) is 3.14. The van der Waals surface area contributed by atoms with Crippen LogP contribution in [-0.2, 0) is 19.1 Å². The first-order valence-electron chi connectivity index (χ1n) is 21.5. The molecule has 0 aromatic heterocycles. The summed E-state index contributed by atoms with van der Waals surface area (Å²) >= 11 is 0. The molecule has 0 aliphatic rings. The third-order valence-electron chi connectivity index (χ3n) is 9.04. The normalized spacial score (nSPS) is 13.6. The number of rotatable bonds is 37. The van der Waals surface area contributed by atoms with Crippen molar-refractivity contribution in [1.82, 2.24) is 0 Å². The molecular formula is C47H80O6. The lowest BCUT2D eigenvalue weighted by Crippen LogP contribution is -2.28. The molecule has 0 aromatic carbocycles. The fourth-order valence-corrected chi connectivity index (χ4v) is 5.79. The molecule has 0 bridgehead atoms. The number of hydrogen-bond acceptors (Lipinski definition) is 6. The van der Waals surface area contributed by atoms with Gasteiger partial charge in [0, 0.05) is 12.8 Å². The molecule has 0 fully saturated rings. The Balaban J connectivity index is 3.74. The number of hydrogen-bond donors (Lipinski definition) is 2. The minimum atomic E-state index is -0.839. The Morgan fingerprint density at radius 3 is 1.62 bits per heavy atom.